The lowest BCUT2D eigenvalue weighted by Gasteiger charge is -2.41. The van der Waals surface area contributed by atoms with Crippen molar-refractivity contribution in [3.05, 3.63) is 11.1 Å². The molecule has 3 aliphatic rings. The van der Waals surface area contributed by atoms with Crippen LogP contribution in [0, 0.1) is 11.3 Å². The molecule has 0 spiro atoms. The molecule has 0 aliphatic heterocycles. The van der Waals surface area contributed by atoms with E-state index in [4.69, 9.17) is 0 Å². The summed E-state index contributed by atoms with van der Waals surface area (Å²) in [5.41, 5.74) is 3.23. The lowest BCUT2D eigenvalue weighted by Crippen LogP contribution is -2.34. The Morgan fingerprint density at radius 3 is 2.61 bits per heavy atom. The lowest BCUT2D eigenvalue weighted by atomic mass is 9.62. The van der Waals surface area contributed by atoms with Crippen LogP contribution in [0.1, 0.15) is 77.6 Å². The van der Waals surface area contributed by atoms with Crippen LogP contribution in [0.4, 0.5) is 0 Å². The molecular weight excluding hydrogens is 220 g/mol. The van der Waals surface area contributed by atoms with Gasteiger partial charge >= 0.3 is 0 Å². The average Bonchev–Trinajstić information content (AvgIpc) is 2.59. The maximum atomic E-state index is 12.7. The van der Waals surface area contributed by atoms with Crippen LogP contribution in [-0.2, 0) is 4.79 Å². The third-order valence-electron chi connectivity index (χ3n) is 5.85. The molecule has 0 amide bonds. The van der Waals surface area contributed by atoms with E-state index in [1.54, 1.807) is 5.57 Å². The number of rotatable bonds is 1. The molecule has 0 bridgehead atoms. The van der Waals surface area contributed by atoms with Crippen LogP contribution < -0.4 is 0 Å². The number of hydrogen-bond donors (Lipinski definition) is 0. The Kier molecular flexibility index (Phi) is 3.34. The molecule has 100 valence electrons. The molecule has 1 nitrogen and oxygen atoms in total. The maximum absolute atomic E-state index is 12.7. The summed E-state index contributed by atoms with van der Waals surface area (Å²) in [6.07, 6.45) is 13.9. The molecule has 3 rings (SSSR count). The highest BCUT2D eigenvalue weighted by atomic mass is 16.1. The summed E-state index contributed by atoms with van der Waals surface area (Å²) >= 11 is 0. The van der Waals surface area contributed by atoms with Gasteiger partial charge in [-0.15, -0.1) is 0 Å². The number of carbonyl (C=O) groups is 1. The van der Waals surface area contributed by atoms with Gasteiger partial charge in [0.15, 0.2) is 5.78 Å². The number of ketones is 1. The van der Waals surface area contributed by atoms with E-state index >= 15 is 0 Å². The van der Waals surface area contributed by atoms with Gasteiger partial charge in [0.25, 0.3) is 0 Å². The highest BCUT2D eigenvalue weighted by molar-refractivity contribution is 6.02. The summed E-state index contributed by atoms with van der Waals surface area (Å²) in [5, 5.41) is 0. The molecule has 0 unspecified atom stereocenters. The minimum Gasteiger partial charge on any atom is -0.294 e. The SMILES string of the molecule is CC[C@@]12CCCC[C@@H]1C(=O)C1=C2CCCCCC1. The Morgan fingerprint density at radius 2 is 1.83 bits per heavy atom. The van der Waals surface area contributed by atoms with Gasteiger partial charge in [-0.25, -0.2) is 0 Å². The van der Waals surface area contributed by atoms with Gasteiger partial charge in [-0.3, -0.25) is 4.79 Å². The fraction of sp³-hybridized carbons (Fsp3) is 0.824. The Morgan fingerprint density at radius 1 is 1.06 bits per heavy atom. The smallest absolute Gasteiger partial charge is 0.162 e. The van der Waals surface area contributed by atoms with Crippen molar-refractivity contribution in [2.45, 2.75) is 77.6 Å². The standard InChI is InChI=1S/C17H26O/c1-2-17-12-8-7-11-15(17)16(18)13-9-5-3-4-6-10-14(13)17/h15H,2-12H2,1H3/t15-,17+/m1/s1. The molecule has 2 atom stereocenters. The van der Waals surface area contributed by atoms with E-state index < -0.39 is 0 Å². The van der Waals surface area contributed by atoms with Crippen LogP contribution in [0.15, 0.2) is 11.1 Å². The molecule has 0 aromatic rings. The molecule has 0 aromatic carbocycles. The summed E-state index contributed by atoms with van der Waals surface area (Å²) in [4.78, 5) is 12.7. The summed E-state index contributed by atoms with van der Waals surface area (Å²) in [7, 11) is 0. The predicted octanol–water partition coefficient (Wildman–Crippen LogP) is 4.81. The van der Waals surface area contributed by atoms with Crippen molar-refractivity contribution >= 4 is 5.78 Å². The first-order chi connectivity index (χ1) is 8.79. The normalized spacial score (nSPS) is 36.9. The van der Waals surface area contributed by atoms with E-state index in [1.165, 1.54) is 69.8 Å². The van der Waals surface area contributed by atoms with Gasteiger partial charge in [0, 0.05) is 11.3 Å². The fourth-order valence-electron chi connectivity index (χ4n) is 4.91. The van der Waals surface area contributed by atoms with Crippen LogP contribution >= 0.6 is 0 Å². The molecule has 0 N–H and O–H groups in total. The molecule has 1 fully saturated rings. The second kappa shape index (κ2) is 4.83. The van der Waals surface area contributed by atoms with Crippen LogP contribution in [0.25, 0.3) is 0 Å². The predicted molar refractivity (Wildman–Crippen MR) is 74.4 cm³/mol. The highest BCUT2D eigenvalue weighted by Gasteiger charge is 2.52. The third kappa shape index (κ3) is 1.70. The van der Waals surface area contributed by atoms with Gasteiger partial charge in [-0.1, -0.05) is 38.2 Å². The van der Waals surface area contributed by atoms with E-state index in [1.807, 2.05) is 0 Å². The van der Waals surface area contributed by atoms with E-state index in [0.29, 0.717) is 17.1 Å². The largest absolute Gasteiger partial charge is 0.294 e. The lowest BCUT2D eigenvalue weighted by molar-refractivity contribution is -0.122. The van der Waals surface area contributed by atoms with Crippen molar-refractivity contribution in [3.63, 3.8) is 0 Å². The van der Waals surface area contributed by atoms with E-state index in [2.05, 4.69) is 6.92 Å². The van der Waals surface area contributed by atoms with Gasteiger partial charge in [-0.2, -0.15) is 0 Å². The number of carbonyl (C=O) groups excluding carboxylic acids is 1. The summed E-state index contributed by atoms with van der Waals surface area (Å²) in [5.74, 6) is 0.938. The Balaban J connectivity index is 2.02. The first kappa shape index (κ1) is 12.4. The zero-order valence-electron chi connectivity index (χ0n) is 11.8. The molecule has 1 heteroatoms. The molecule has 0 radical (unpaired) electrons. The maximum Gasteiger partial charge on any atom is 0.162 e. The van der Waals surface area contributed by atoms with Crippen molar-refractivity contribution in [2.75, 3.05) is 0 Å². The topological polar surface area (TPSA) is 17.1 Å². The molecule has 0 saturated heterocycles. The van der Waals surface area contributed by atoms with Gasteiger partial charge < -0.3 is 0 Å². The molecule has 0 aromatic heterocycles. The highest BCUT2D eigenvalue weighted by Crippen LogP contribution is 2.58. The Labute approximate surface area is 111 Å². The van der Waals surface area contributed by atoms with E-state index in [-0.39, 0.29) is 0 Å². The average molecular weight is 246 g/mol. The van der Waals surface area contributed by atoms with Gasteiger partial charge in [-0.05, 0) is 50.5 Å². The third-order valence-corrected chi connectivity index (χ3v) is 5.85. The van der Waals surface area contributed by atoms with Crippen LogP contribution in [-0.4, -0.2) is 5.78 Å². The van der Waals surface area contributed by atoms with E-state index in [0.717, 1.165) is 6.42 Å². The van der Waals surface area contributed by atoms with Gasteiger partial charge in [0.2, 0.25) is 0 Å². The molecule has 18 heavy (non-hydrogen) atoms. The fourth-order valence-corrected chi connectivity index (χ4v) is 4.91. The van der Waals surface area contributed by atoms with Crippen LogP contribution in [0.5, 0.6) is 0 Å². The van der Waals surface area contributed by atoms with Crippen LogP contribution in [0.2, 0.25) is 0 Å². The zero-order valence-corrected chi connectivity index (χ0v) is 11.8. The number of hydrogen-bond acceptors (Lipinski definition) is 1. The second-order valence-electron chi connectivity index (χ2n) is 6.54. The summed E-state index contributed by atoms with van der Waals surface area (Å²) < 4.78 is 0. The van der Waals surface area contributed by atoms with Gasteiger partial charge in [0.05, 0.1) is 0 Å². The number of Topliss-reactive ketones (excluding diaryl/α,β-unsaturated/α-hetero) is 1. The molecular formula is C17H26O. The molecule has 3 aliphatic carbocycles. The number of fused-ring (bicyclic) bond motifs is 2. The quantitative estimate of drug-likeness (QED) is 0.649. The van der Waals surface area contributed by atoms with Crippen molar-refractivity contribution in [1.82, 2.24) is 0 Å². The minimum atomic E-state index is 0.308. The second-order valence-corrected chi connectivity index (χ2v) is 6.54. The van der Waals surface area contributed by atoms with Crippen molar-refractivity contribution < 1.29 is 4.79 Å². The van der Waals surface area contributed by atoms with Crippen molar-refractivity contribution in [1.29, 1.82) is 0 Å². The Hall–Kier alpha value is -0.590. The zero-order chi connectivity index (χ0) is 12.6. The monoisotopic (exact) mass is 246 g/mol. The van der Waals surface area contributed by atoms with Gasteiger partial charge in [0.1, 0.15) is 0 Å². The Bertz CT molecular complexity index is 379. The first-order valence-electron chi connectivity index (χ1n) is 8.06. The summed E-state index contributed by atoms with van der Waals surface area (Å²) in [6, 6.07) is 0. The minimum absolute atomic E-state index is 0.308. The first-order valence-corrected chi connectivity index (χ1v) is 8.06. The van der Waals surface area contributed by atoms with Crippen molar-refractivity contribution in [2.24, 2.45) is 11.3 Å². The van der Waals surface area contributed by atoms with E-state index in [9.17, 15) is 4.79 Å². The molecule has 0 heterocycles. The summed E-state index contributed by atoms with van der Waals surface area (Å²) in [6.45, 7) is 2.32. The molecule has 1 saturated carbocycles. The number of allylic oxidation sites excluding steroid dienone is 2. The van der Waals surface area contributed by atoms with Crippen molar-refractivity contribution in [3.8, 4) is 0 Å². The van der Waals surface area contributed by atoms with Crippen LogP contribution in [0.3, 0.4) is 0 Å².